The van der Waals surface area contributed by atoms with Gasteiger partial charge in [0.05, 0.1) is 6.20 Å². The third kappa shape index (κ3) is 5.57. The van der Waals surface area contributed by atoms with Gasteiger partial charge < -0.3 is 24.4 Å². The fraction of sp³-hybridized carbons (Fsp3) is 0.579. The maximum Gasteiger partial charge on any atom is 0.319 e. The normalized spacial score (nSPS) is 14.6. The second-order valence-corrected chi connectivity index (χ2v) is 7.36. The summed E-state index contributed by atoms with van der Waals surface area (Å²) >= 11 is 0. The van der Waals surface area contributed by atoms with Crippen molar-refractivity contribution in [1.82, 2.24) is 30.1 Å². The van der Waals surface area contributed by atoms with Crippen LogP contribution in [0.4, 0.5) is 4.79 Å². The predicted octanol–water partition coefficient (Wildman–Crippen LogP) is 1.12. The Bertz CT molecular complexity index is 824. The fourth-order valence-corrected chi connectivity index (χ4v) is 3.28. The minimum absolute atomic E-state index is 0.0654. The Kier molecular flexibility index (Phi) is 6.86. The van der Waals surface area contributed by atoms with Gasteiger partial charge in [-0.3, -0.25) is 9.48 Å². The summed E-state index contributed by atoms with van der Waals surface area (Å²) in [4.78, 5) is 28.3. The van der Waals surface area contributed by atoms with Crippen LogP contribution < -0.4 is 5.32 Å². The van der Waals surface area contributed by atoms with Crippen LogP contribution >= 0.6 is 0 Å². The van der Waals surface area contributed by atoms with Gasteiger partial charge in [-0.1, -0.05) is 5.16 Å². The molecule has 0 bridgehead atoms. The van der Waals surface area contributed by atoms with Crippen LogP contribution in [0.1, 0.15) is 34.7 Å². The van der Waals surface area contributed by atoms with E-state index in [2.05, 4.69) is 15.6 Å². The summed E-state index contributed by atoms with van der Waals surface area (Å²) in [5, 5.41) is 10.8. The highest BCUT2D eigenvalue weighted by Gasteiger charge is 2.26. The Morgan fingerprint density at radius 1 is 1.31 bits per heavy atom. The van der Waals surface area contributed by atoms with E-state index in [-0.39, 0.29) is 23.7 Å². The standard InChI is InChI=1S/C19H28N6O4/c1-14-11-21-24(12-14)13-16-10-17(22-29-16)18(26)20-6-7-25(19(27)23(2)3)15-4-8-28-9-5-15/h10-12,15H,4-9,13H2,1-3H3,(H,20,26). The minimum atomic E-state index is -0.333. The van der Waals surface area contributed by atoms with Gasteiger partial charge in [-0.2, -0.15) is 5.10 Å². The monoisotopic (exact) mass is 404 g/mol. The van der Waals surface area contributed by atoms with Crippen LogP contribution in [0.5, 0.6) is 0 Å². The number of amides is 3. The van der Waals surface area contributed by atoms with Gasteiger partial charge in [0.1, 0.15) is 6.54 Å². The van der Waals surface area contributed by atoms with Crippen molar-refractivity contribution < 1.29 is 18.8 Å². The lowest BCUT2D eigenvalue weighted by Crippen LogP contribution is -2.50. The molecular weight excluding hydrogens is 376 g/mol. The third-order valence-corrected chi connectivity index (χ3v) is 4.77. The van der Waals surface area contributed by atoms with Crippen molar-refractivity contribution in [3.63, 3.8) is 0 Å². The quantitative estimate of drug-likeness (QED) is 0.741. The molecule has 1 aliphatic rings. The molecule has 1 saturated heterocycles. The maximum absolute atomic E-state index is 12.5. The molecule has 3 heterocycles. The van der Waals surface area contributed by atoms with Crippen molar-refractivity contribution in [2.45, 2.75) is 32.4 Å². The maximum atomic E-state index is 12.5. The van der Waals surface area contributed by atoms with E-state index >= 15 is 0 Å². The number of nitrogens with zero attached hydrogens (tertiary/aromatic N) is 5. The predicted molar refractivity (Wildman–Crippen MR) is 105 cm³/mol. The van der Waals surface area contributed by atoms with E-state index < -0.39 is 0 Å². The van der Waals surface area contributed by atoms with Crippen molar-refractivity contribution in [2.75, 3.05) is 40.4 Å². The molecule has 3 amide bonds. The highest BCUT2D eigenvalue weighted by Crippen LogP contribution is 2.15. The van der Waals surface area contributed by atoms with Gasteiger partial charge in [0.2, 0.25) is 0 Å². The van der Waals surface area contributed by atoms with Gasteiger partial charge in [0.25, 0.3) is 5.91 Å². The first kappa shape index (κ1) is 20.8. The van der Waals surface area contributed by atoms with Crippen LogP contribution in [-0.4, -0.2) is 83.1 Å². The molecule has 1 aliphatic heterocycles. The van der Waals surface area contributed by atoms with Gasteiger partial charge in [0, 0.05) is 58.7 Å². The number of hydrogen-bond acceptors (Lipinski definition) is 6. The van der Waals surface area contributed by atoms with Crippen LogP contribution in [0.25, 0.3) is 0 Å². The first-order chi connectivity index (χ1) is 13.9. The van der Waals surface area contributed by atoms with Crippen molar-refractivity contribution in [3.8, 4) is 0 Å². The van der Waals surface area contributed by atoms with Crippen molar-refractivity contribution in [2.24, 2.45) is 0 Å². The average molecular weight is 404 g/mol. The summed E-state index contributed by atoms with van der Waals surface area (Å²) in [5.74, 6) is 0.214. The van der Waals surface area contributed by atoms with E-state index in [1.807, 2.05) is 13.1 Å². The number of rotatable bonds is 7. The molecular formula is C19H28N6O4. The molecule has 0 aromatic carbocycles. The van der Waals surface area contributed by atoms with Crippen LogP contribution in [-0.2, 0) is 11.3 Å². The summed E-state index contributed by atoms with van der Waals surface area (Å²) in [6, 6.07) is 1.66. The number of urea groups is 1. The van der Waals surface area contributed by atoms with Gasteiger partial charge >= 0.3 is 6.03 Å². The Balaban J connectivity index is 1.52. The molecule has 1 fully saturated rings. The lowest BCUT2D eigenvalue weighted by Gasteiger charge is -2.36. The van der Waals surface area contributed by atoms with Crippen LogP contribution in [0.2, 0.25) is 0 Å². The molecule has 10 heteroatoms. The van der Waals surface area contributed by atoms with Crippen LogP contribution in [0.15, 0.2) is 23.0 Å². The molecule has 0 spiro atoms. The number of aryl methyl sites for hydroxylation is 1. The van der Waals surface area contributed by atoms with E-state index in [9.17, 15) is 9.59 Å². The van der Waals surface area contributed by atoms with Crippen LogP contribution in [0, 0.1) is 6.92 Å². The lowest BCUT2D eigenvalue weighted by atomic mass is 10.1. The van der Waals surface area contributed by atoms with Gasteiger partial charge in [-0.15, -0.1) is 0 Å². The second kappa shape index (κ2) is 9.55. The molecule has 10 nitrogen and oxygen atoms in total. The molecule has 158 valence electrons. The zero-order chi connectivity index (χ0) is 20.8. The molecule has 0 saturated carbocycles. The first-order valence-electron chi connectivity index (χ1n) is 9.72. The highest BCUT2D eigenvalue weighted by molar-refractivity contribution is 5.92. The molecule has 2 aromatic rings. The van der Waals surface area contributed by atoms with E-state index in [0.29, 0.717) is 38.6 Å². The summed E-state index contributed by atoms with van der Waals surface area (Å²) < 4.78 is 12.3. The number of hydrogen-bond donors (Lipinski definition) is 1. The molecule has 0 unspecified atom stereocenters. The number of carbonyl (C=O) groups is 2. The zero-order valence-corrected chi connectivity index (χ0v) is 17.1. The summed E-state index contributed by atoms with van der Waals surface area (Å²) in [6.07, 6.45) is 5.23. The first-order valence-corrected chi connectivity index (χ1v) is 9.72. The zero-order valence-electron chi connectivity index (χ0n) is 17.1. The number of nitrogens with one attached hydrogen (secondary N) is 1. The van der Waals surface area contributed by atoms with Gasteiger partial charge in [-0.05, 0) is 25.3 Å². The molecule has 0 radical (unpaired) electrons. The molecule has 29 heavy (non-hydrogen) atoms. The number of carbonyl (C=O) groups excluding carboxylic acids is 2. The Morgan fingerprint density at radius 2 is 2.07 bits per heavy atom. The second-order valence-electron chi connectivity index (χ2n) is 7.36. The summed E-state index contributed by atoms with van der Waals surface area (Å²) in [5.41, 5.74) is 1.25. The number of ether oxygens (including phenoxy) is 1. The molecule has 0 atom stereocenters. The van der Waals surface area contributed by atoms with E-state index in [1.54, 1.807) is 40.8 Å². The molecule has 0 aliphatic carbocycles. The summed E-state index contributed by atoms with van der Waals surface area (Å²) in [6.45, 7) is 4.40. The van der Waals surface area contributed by atoms with E-state index in [0.717, 1.165) is 18.4 Å². The molecule has 1 N–H and O–H groups in total. The minimum Gasteiger partial charge on any atom is -0.381 e. The van der Waals surface area contributed by atoms with Crippen LogP contribution in [0.3, 0.4) is 0 Å². The summed E-state index contributed by atoms with van der Waals surface area (Å²) in [7, 11) is 3.45. The Hall–Kier alpha value is -2.88. The average Bonchev–Trinajstić information content (AvgIpc) is 3.34. The van der Waals surface area contributed by atoms with Crippen molar-refractivity contribution >= 4 is 11.9 Å². The Labute approximate surface area is 169 Å². The third-order valence-electron chi connectivity index (χ3n) is 4.77. The van der Waals surface area contributed by atoms with Crippen molar-refractivity contribution in [1.29, 1.82) is 0 Å². The van der Waals surface area contributed by atoms with Crippen molar-refractivity contribution in [3.05, 3.63) is 35.5 Å². The topological polar surface area (TPSA) is 106 Å². The highest BCUT2D eigenvalue weighted by atomic mass is 16.5. The van der Waals surface area contributed by atoms with E-state index in [4.69, 9.17) is 9.26 Å². The van der Waals surface area contributed by atoms with Gasteiger partial charge in [-0.25, -0.2) is 4.79 Å². The molecule has 2 aromatic heterocycles. The van der Waals surface area contributed by atoms with E-state index in [1.165, 1.54) is 0 Å². The largest absolute Gasteiger partial charge is 0.381 e. The number of aromatic nitrogens is 3. The lowest BCUT2D eigenvalue weighted by molar-refractivity contribution is 0.0415. The smallest absolute Gasteiger partial charge is 0.319 e. The van der Waals surface area contributed by atoms with Gasteiger partial charge in [0.15, 0.2) is 11.5 Å². The SMILES string of the molecule is Cc1cnn(Cc2cc(C(=O)NCCN(C(=O)N(C)C)C3CCOCC3)no2)c1. The fourth-order valence-electron chi connectivity index (χ4n) is 3.28. The molecule has 3 rings (SSSR count). The Morgan fingerprint density at radius 3 is 2.72 bits per heavy atom.